The van der Waals surface area contributed by atoms with Crippen molar-refractivity contribution in [3.8, 4) is 0 Å². The lowest BCUT2D eigenvalue weighted by atomic mass is 10.0. The number of aryl methyl sites for hydroxylation is 1. The van der Waals surface area contributed by atoms with E-state index in [0.29, 0.717) is 6.04 Å². The molecule has 4 heteroatoms. The molecule has 1 aliphatic heterocycles. The van der Waals surface area contributed by atoms with Crippen molar-refractivity contribution in [2.75, 3.05) is 25.0 Å². The van der Waals surface area contributed by atoms with Crippen molar-refractivity contribution in [1.29, 1.82) is 0 Å². The molecule has 0 aromatic carbocycles. The molecule has 0 bridgehead atoms. The van der Waals surface area contributed by atoms with Gasteiger partial charge in [-0.05, 0) is 54.4 Å². The van der Waals surface area contributed by atoms with Crippen LogP contribution in [0.1, 0.15) is 25.5 Å². The number of piperidine rings is 1. The Hall–Kier alpha value is -0.610. The lowest BCUT2D eigenvalue weighted by Gasteiger charge is -2.32. The van der Waals surface area contributed by atoms with E-state index in [-0.39, 0.29) is 0 Å². The van der Waals surface area contributed by atoms with E-state index in [2.05, 4.69) is 44.1 Å². The van der Waals surface area contributed by atoms with Crippen LogP contribution in [0.2, 0.25) is 0 Å². The zero-order valence-electron chi connectivity index (χ0n) is 10.5. The maximum Gasteiger partial charge on any atom is 0.106 e. The first-order chi connectivity index (χ1) is 8.19. The van der Waals surface area contributed by atoms with Crippen LogP contribution in [-0.4, -0.2) is 35.6 Å². The van der Waals surface area contributed by atoms with Gasteiger partial charge in [-0.1, -0.05) is 6.92 Å². The molecule has 1 aromatic heterocycles. The van der Waals surface area contributed by atoms with Gasteiger partial charge >= 0.3 is 0 Å². The summed E-state index contributed by atoms with van der Waals surface area (Å²) in [6.07, 6.45) is 2.45. The average Bonchev–Trinajstić information content (AvgIpc) is 2.34. The van der Waals surface area contributed by atoms with Gasteiger partial charge in [0.15, 0.2) is 0 Å². The van der Waals surface area contributed by atoms with E-state index in [9.17, 15) is 0 Å². The van der Waals surface area contributed by atoms with Crippen LogP contribution in [0.5, 0.6) is 0 Å². The van der Waals surface area contributed by atoms with Crippen LogP contribution in [0.25, 0.3) is 0 Å². The molecule has 2 heterocycles. The van der Waals surface area contributed by atoms with Crippen LogP contribution in [-0.2, 0) is 0 Å². The highest BCUT2D eigenvalue weighted by atomic mass is 79.9. The number of rotatable bonds is 3. The van der Waals surface area contributed by atoms with Gasteiger partial charge in [0.25, 0.3) is 0 Å². The monoisotopic (exact) mass is 297 g/mol. The Morgan fingerprint density at radius 1 is 1.41 bits per heavy atom. The largest absolute Gasteiger partial charge is 0.381 e. The predicted octanol–water partition coefficient (Wildman–Crippen LogP) is 3.05. The molecule has 0 saturated carbocycles. The Bertz CT molecular complexity index is 373. The van der Waals surface area contributed by atoms with Crippen LogP contribution >= 0.6 is 15.9 Å². The van der Waals surface area contributed by atoms with Gasteiger partial charge in [0.05, 0.1) is 11.4 Å². The van der Waals surface area contributed by atoms with Crippen LogP contribution < -0.4 is 5.32 Å². The first kappa shape index (κ1) is 12.8. The van der Waals surface area contributed by atoms with Crippen LogP contribution in [0, 0.1) is 6.92 Å². The van der Waals surface area contributed by atoms with Crippen molar-refractivity contribution in [3.05, 3.63) is 22.4 Å². The Morgan fingerprint density at radius 3 is 2.71 bits per heavy atom. The fourth-order valence-electron chi connectivity index (χ4n) is 2.30. The second-order valence-corrected chi connectivity index (χ2v) is 5.43. The summed E-state index contributed by atoms with van der Waals surface area (Å²) in [6.45, 7) is 7.87. The molecule has 1 aliphatic rings. The van der Waals surface area contributed by atoms with E-state index in [1.54, 1.807) is 0 Å². The zero-order chi connectivity index (χ0) is 12.3. The predicted molar refractivity (Wildman–Crippen MR) is 75.4 cm³/mol. The number of pyridine rings is 1. The smallest absolute Gasteiger partial charge is 0.106 e. The first-order valence-corrected chi connectivity index (χ1v) is 7.10. The summed E-state index contributed by atoms with van der Waals surface area (Å²) in [5, 5.41) is 3.61. The molecule has 1 fully saturated rings. The van der Waals surface area contributed by atoms with Gasteiger partial charge in [-0.3, -0.25) is 0 Å². The Labute approximate surface area is 112 Å². The van der Waals surface area contributed by atoms with Gasteiger partial charge in [-0.2, -0.15) is 0 Å². The van der Waals surface area contributed by atoms with Gasteiger partial charge in [0, 0.05) is 19.1 Å². The number of halogens is 1. The Balaban J connectivity index is 1.93. The summed E-state index contributed by atoms with van der Waals surface area (Å²) in [7, 11) is 0. The maximum absolute atomic E-state index is 4.41. The van der Waals surface area contributed by atoms with E-state index in [4.69, 9.17) is 0 Å². The number of nitrogens with one attached hydrogen (secondary N) is 1. The third-order valence-corrected chi connectivity index (χ3v) is 3.89. The van der Waals surface area contributed by atoms with Crippen LogP contribution in [0.4, 0.5) is 5.69 Å². The molecule has 1 saturated heterocycles. The molecule has 0 amide bonds. The third kappa shape index (κ3) is 3.42. The molecule has 17 heavy (non-hydrogen) atoms. The van der Waals surface area contributed by atoms with Crippen LogP contribution in [0.15, 0.2) is 16.7 Å². The van der Waals surface area contributed by atoms with E-state index in [1.807, 2.05) is 13.0 Å². The summed E-state index contributed by atoms with van der Waals surface area (Å²) in [4.78, 5) is 6.92. The number of aromatic nitrogens is 1. The van der Waals surface area contributed by atoms with Crippen molar-refractivity contribution >= 4 is 21.6 Å². The standard InChI is InChI=1S/C13H20BrN3/c1-3-17-8-6-11(7-9-17)16-12-4-5-13(14)15-10(12)2/h4-5,11,16H,3,6-9H2,1-2H3. The normalized spacial score (nSPS) is 18.3. The van der Waals surface area contributed by atoms with Gasteiger partial charge < -0.3 is 10.2 Å². The SMILES string of the molecule is CCN1CCC(Nc2ccc(Br)nc2C)CC1. The van der Waals surface area contributed by atoms with Crippen molar-refractivity contribution in [3.63, 3.8) is 0 Å². The molecule has 94 valence electrons. The lowest BCUT2D eigenvalue weighted by molar-refractivity contribution is 0.229. The lowest BCUT2D eigenvalue weighted by Crippen LogP contribution is -2.38. The number of likely N-dealkylation sites (tertiary alicyclic amines) is 1. The van der Waals surface area contributed by atoms with Gasteiger partial charge in [-0.25, -0.2) is 4.98 Å². The summed E-state index contributed by atoms with van der Waals surface area (Å²) >= 11 is 3.39. The van der Waals surface area contributed by atoms with Gasteiger partial charge in [-0.15, -0.1) is 0 Å². The molecular formula is C13H20BrN3. The number of hydrogen-bond acceptors (Lipinski definition) is 3. The van der Waals surface area contributed by atoms with Crippen molar-refractivity contribution < 1.29 is 0 Å². The van der Waals surface area contributed by atoms with E-state index in [0.717, 1.165) is 10.3 Å². The maximum atomic E-state index is 4.41. The number of nitrogens with zero attached hydrogens (tertiary/aromatic N) is 2. The van der Waals surface area contributed by atoms with Gasteiger partial charge in [0.2, 0.25) is 0 Å². The number of anilines is 1. The van der Waals surface area contributed by atoms with Crippen molar-refractivity contribution in [2.24, 2.45) is 0 Å². The van der Waals surface area contributed by atoms with E-state index in [1.165, 1.54) is 38.2 Å². The molecule has 0 aliphatic carbocycles. The van der Waals surface area contributed by atoms with E-state index >= 15 is 0 Å². The quantitative estimate of drug-likeness (QED) is 0.869. The minimum Gasteiger partial charge on any atom is -0.381 e. The summed E-state index contributed by atoms with van der Waals surface area (Å²) in [6, 6.07) is 4.70. The van der Waals surface area contributed by atoms with Crippen LogP contribution in [0.3, 0.4) is 0 Å². The van der Waals surface area contributed by atoms with Gasteiger partial charge in [0.1, 0.15) is 4.60 Å². The highest BCUT2D eigenvalue weighted by Gasteiger charge is 2.18. The Morgan fingerprint density at radius 2 is 2.12 bits per heavy atom. The second kappa shape index (κ2) is 5.83. The minimum atomic E-state index is 0.597. The topological polar surface area (TPSA) is 28.2 Å². The van der Waals surface area contributed by atoms with Crippen molar-refractivity contribution in [1.82, 2.24) is 9.88 Å². The molecule has 3 nitrogen and oxygen atoms in total. The highest BCUT2D eigenvalue weighted by molar-refractivity contribution is 9.10. The molecule has 0 atom stereocenters. The highest BCUT2D eigenvalue weighted by Crippen LogP contribution is 2.20. The molecule has 0 spiro atoms. The summed E-state index contributed by atoms with van der Waals surface area (Å²) < 4.78 is 0.904. The zero-order valence-corrected chi connectivity index (χ0v) is 12.1. The van der Waals surface area contributed by atoms with E-state index < -0.39 is 0 Å². The summed E-state index contributed by atoms with van der Waals surface area (Å²) in [5.41, 5.74) is 2.24. The molecule has 1 aromatic rings. The molecule has 0 radical (unpaired) electrons. The molecule has 1 N–H and O–H groups in total. The minimum absolute atomic E-state index is 0.597. The number of hydrogen-bond donors (Lipinski definition) is 1. The first-order valence-electron chi connectivity index (χ1n) is 6.31. The van der Waals surface area contributed by atoms with Crippen molar-refractivity contribution in [2.45, 2.75) is 32.7 Å². The second-order valence-electron chi connectivity index (χ2n) is 4.62. The average molecular weight is 298 g/mol. The summed E-state index contributed by atoms with van der Waals surface area (Å²) in [5.74, 6) is 0. The fourth-order valence-corrected chi connectivity index (χ4v) is 2.69. The Kier molecular flexibility index (Phi) is 4.40. The third-order valence-electron chi connectivity index (χ3n) is 3.45. The fraction of sp³-hybridized carbons (Fsp3) is 0.615. The molecule has 2 rings (SSSR count). The molecular weight excluding hydrogens is 278 g/mol. The molecule has 0 unspecified atom stereocenters.